The maximum absolute atomic E-state index is 11.6. The number of nitrogens with zero attached hydrogens (tertiary/aromatic N) is 1. The third-order valence-corrected chi connectivity index (χ3v) is 2.85. The van der Waals surface area contributed by atoms with Crippen molar-refractivity contribution in [1.82, 2.24) is 0 Å². The summed E-state index contributed by atoms with van der Waals surface area (Å²) in [6, 6.07) is 0. The molecular weight excluding hydrogens is 257 g/mol. The molecule has 0 aliphatic heterocycles. The van der Waals surface area contributed by atoms with E-state index in [1.165, 1.54) is 6.26 Å². The van der Waals surface area contributed by atoms with Gasteiger partial charge in [-0.1, -0.05) is 18.5 Å². The van der Waals surface area contributed by atoms with E-state index in [0.717, 1.165) is 6.42 Å². The molecule has 0 amide bonds. The van der Waals surface area contributed by atoms with Crippen molar-refractivity contribution in [2.24, 2.45) is 0 Å². The van der Waals surface area contributed by atoms with E-state index in [-0.39, 0.29) is 6.10 Å². The summed E-state index contributed by atoms with van der Waals surface area (Å²) in [6.07, 6.45) is 3.88. The van der Waals surface area contributed by atoms with Crippen LogP contribution in [-0.4, -0.2) is 43.2 Å². The summed E-state index contributed by atoms with van der Waals surface area (Å²) in [4.78, 5) is 13.9. The van der Waals surface area contributed by atoms with Crippen molar-refractivity contribution < 1.29 is 28.0 Å². The highest BCUT2D eigenvalue weighted by atomic mass is 31.2. The standard InChI is InChI=1S/C11H24NO5P/c1-6-8-9-15-17-18(13,14)16-11(7-2)10-12(3,4)5/h8-9,11H,6-7,10H2,1-5H3/p+1. The molecule has 108 valence electrons. The molecule has 0 aromatic carbocycles. The van der Waals surface area contributed by atoms with Gasteiger partial charge in [-0.2, -0.15) is 0 Å². The minimum absolute atomic E-state index is 0.361. The van der Waals surface area contributed by atoms with Crippen LogP contribution in [0, 0.1) is 0 Å². The van der Waals surface area contributed by atoms with E-state index in [0.29, 0.717) is 17.4 Å². The van der Waals surface area contributed by atoms with Crippen molar-refractivity contribution >= 4 is 7.82 Å². The van der Waals surface area contributed by atoms with Crippen LogP contribution >= 0.6 is 7.82 Å². The van der Waals surface area contributed by atoms with E-state index in [4.69, 9.17) is 4.52 Å². The molecule has 0 radical (unpaired) electrons. The molecule has 18 heavy (non-hydrogen) atoms. The number of hydrogen-bond acceptors (Lipinski definition) is 4. The Morgan fingerprint density at radius 2 is 1.94 bits per heavy atom. The van der Waals surface area contributed by atoms with Gasteiger partial charge in [0.2, 0.25) is 0 Å². The number of likely N-dealkylation sites (N-methyl/N-ethyl adjacent to an activating group) is 1. The summed E-state index contributed by atoms with van der Waals surface area (Å²) < 4.78 is 21.6. The van der Waals surface area contributed by atoms with Crippen molar-refractivity contribution in [3.63, 3.8) is 0 Å². The van der Waals surface area contributed by atoms with Crippen molar-refractivity contribution in [2.75, 3.05) is 27.7 Å². The molecule has 1 N–H and O–H groups in total. The molecule has 0 aromatic rings. The van der Waals surface area contributed by atoms with E-state index >= 15 is 0 Å². The first kappa shape index (κ1) is 17.6. The lowest BCUT2D eigenvalue weighted by atomic mass is 10.2. The number of allylic oxidation sites excluding steroid dienone is 1. The summed E-state index contributed by atoms with van der Waals surface area (Å²) in [6.45, 7) is 4.40. The van der Waals surface area contributed by atoms with Crippen LogP contribution in [0.15, 0.2) is 12.3 Å². The molecule has 7 heteroatoms. The molecule has 0 spiro atoms. The van der Waals surface area contributed by atoms with Gasteiger partial charge in [-0.25, -0.2) is 4.57 Å². The van der Waals surface area contributed by atoms with E-state index < -0.39 is 7.82 Å². The Labute approximate surface area is 109 Å². The topological polar surface area (TPSA) is 65.0 Å². The van der Waals surface area contributed by atoms with Crippen LogP contribution in [0.5, 0.6) is 0 Å². The number of rotatable bonds is 9. The highest BCUT2D eigenvalue weighted by Gasteiger charge is 2.30. The Bertz CT molecular complexity index is 300. The first-order chi connectivity index (χ1) is 8.20. The first-order valence-electron chi connectivity index (χ1n) is 6.02. The molecular formula is C11H25NO5P+. The minimum Gasteiger partial charge on any atom is -0.336 e. The molecule has 0 saturated carbocycles. The fourth-order valence-electron chi connectivity index (χ4n) is 1.27. The van der Waals surface area contributed by atoms with E-state index in [1.54, 1.807) is 6.08 Å². The summed E-state index contributed by atoms with van der Waals surface area (Å²) >= 11 is 0. The first-order valence-corrected chi connectivity index (χ1v) is 7.51. The largest absolute Gasteiger partial charge is 0.508 e. The average Bonchev–Trinajstić information content (AvgIpc) is 2.21. The van der Waals surface area contributed by atoms with E-state index in [1.807, 2.05) is 35.0 Å². The van der Waals surface area contributed by atoms with Crippen molar-refractivity contribution in [3.05, 3.63) is 12.3 Å². The number of phosphoric acid groups is 1. The third kappa shape index (κ3) is 9.62. The van der Waals surface area contributed by atoms with Gasteiger partial charge in [-0.15, -0.1) is 0 Å². The minimum atomic E-state index is -4.17. The zero-order chi connectivity index (χ0) is 14.2. The predicted molar refractivity (Wildman–Crippen MR) is 69.5 cm³/mol. The number of hydrogen-bond donors (Lipinski definition) is 1. The van der Waals surface area contributed by atoms with Gasteiger partial charge in [-0.3, -0.25) is 4.52 Å². The van der Waals surface area contributed by atoms with Gasteiger partial charge in [0.05, 0.1) is 21.1 Å². The normalized spacial score (nSPS) is 17.7. The van der Waals surface area contributed by atoms with Crippen LogP contribution < -0.4 is 0 Å². The Morgan fingerprint density at radius 3 is 2.39 bits per heavy atom. The Kier molecular flexibility index (Phi) is 7.75. The number of quaternary nitrogens is 1. The smallest absolute Gasteiger partial charge is 0.336 e. The summed E-state index contributed by atoms with van der Waals surface area (Å²) in [7, 11) is 1.77. The second-order valence-corrected chi connectivity index (χ2v) is 6.32. The highest BCUT2D eigenvalue weighted by molar-refractivity contribution is 7.47. The third-order valence-electron chi connectivity index (χ3n) is 2.01. The molecule has 0 aliphatic carbocycles. The van der Waals surface area contributed by atoms with Gasteiger partial charge in [0.25, 0.3) is 0 Å². The van der Waals surface area contributed by atoms with Crippen LogP contribution in [0.3, 0.4) is 0 Å². The molecule has 2 atom stereocenters. The zero-order valence-electron chi connectivity index (χ0n) is 11.8. The lowest BCUT2D eigenvalue weighted by molar-refractivity contribution is -0.873. The average molecular weight is 282 g/mol. The number of phosphoric ester groups is 1. The fraction of sp³-hybridized carbons (Fsp3) is 0.818. The molecule has 6 nitrogen and oxygen atoms in total. The molecule has 0 aromatic heterocycles. The second-order valence-electron chi connectivity index (χ2n) is 5.03. The quantitative estimate of drug-likeness (QED) is 0.231. The van der Waals surface area contributed by atoms with Gasteiger partial charge in [0, 0.05) is 0 Å². The maximum atomic E-state index is 11.6. The zero-order valence-corrected chi connectivity index (χ0v) is 12.7. The van der Waals surface area contributed by atoms with Gasteiger partial charge in [0.1, 0.15) is 18.9 Å². The van der Waals surface area contributed by atoms with E-state index in [9.17, 15) is 9.46 Å². The lowest BCUT2D eigenvalue weighted by Gasteiger charge is -2.28. The molecule has 0 rings (SSSR count). The monoisotopic (exact) mass is 282 g/mol. The molecule has 0 heterocycles. The summed E-state index contributed by atoms with van der Waals surface area (Å²) in [5, 5.41) is 0. The van der Waals surface area contributed by atoms with Crippen molar-refractivity contribution in [2.45, 2.75) is 32.8 Å². The van der Waals surface area contributed by atoms with Crippen LogP contribution in [0.2, 0.25) is 0 Å². The second kappa shape index (κ2) is 7.92. The predicted octanol–water partition coefficient (Wildman–Crippen LogP) is 2.46. The molecule has 2 unspecified atom stereocenters. The molecule has 0 aliphatic rings. The van der Waals surface area contributed by atoms with Crippen LogP contribution in [0.1, 0.15) is 26.7 Å². The van der Waals surface area contributed by atoms with Crippen molar-refractivity contribution in [1.29, 1.82) is 0 Å². The van der Waals surface area contributed by atoms with Crippen LogP contribution in [-0.2, 0) is 18.7 Å². The summed E-state index contributed by atoms with van der Waals surface area (Å²) in [5.74, 6) is 0. The lowest BCUT2D eigenvalue weighted by Crippen LogP contribution is -2.41. The van der Waals surface area contributed by atoms with Gasteiger partial charge < -0.3 is 14.3 Å². The summed E-state index contributed by atoms with van der Waals surface area (Å²) in [5.41, 5.74) is 0. The molecule has 0 fully saturated rings. The molecule has 0 bridgehead atoms. The SMILES string of the molecule is CCC=COOP(=O)(O)OC(CC)C[N+](C)(C)C. The van der Waals surface area contributed by atoms with E-state index in [2.05, 4.69) is 9.56 Å². The van der Waals surface area contributed by atoms with Gasteiger partial charge >= 0.3 is 7.82 Å². The Balaban J connectivity index is 4.26. The van der Waals surface area contributed by atoms with Gasteiger partial charge in [-0.05, 0) is 18.9 Å². The molecule has 0 saturated heterocycles. The van der Waals surface area contributed by atoms with Gasteiger partial charge in [0.15, 0.2) is 0 Å². The van der Waals surface area contributed by atoms with Crippen molar-refractivity contribution in [3.8, 4) is 0 Å². The Morgan fingerprint density at radius 1 is 1.33 bits per heavy atom. The van der Waals surface area contributed by atoms with Crippen LogP contribution in [0.4, 0.5) is 0 Å². The fourth-order valence-corrected chi connectivity index (χ4v) is 2.05. The maximum Gasteiger partial charge on any atom is 0.508 e. The Hall–Kier alpha value is -0.390. The highest BCUT2D eigenvalue weighted by Crippen LogP contribution is 2.45. The van der Waals surface area contributed by atoms with Crippen LogP contribution in [0.25, 0.3) is 0 Å².